The molecule has 0 radical (unpaired) electrons. The summed E-state index contributed by atoms with van der Waals surface area (Å²) in [5.41, 5.74) is -14.3. The molecule has 4 nitrogen and oxygen atoms in total. The number of hydrogen-bond acceptors (Lipinski definition) is 4. The van der Waals surface area contributed by atoms with Crippen molar-refractivity contribution < 1.29 is 93.9 Å². The Morgan fingerprint density at radius 2 is 0.826 bits per heavy atom. The van der Waals surface area contributed by atoms with Crippen LogP contribution in [0.25, 0.3) is 0 Å². The van der Waals surface area contributed by atoms with Crippen LogP contribution in [0.2, 0.25) is 0 Å². The van der Waals surface area contributed by atoms with Crippen molar-refractivity contribution in [1.29, 1.82) is 0 Å². The van der Waals surface area contributed by atoms with E-state index in [1.54, 1.807) is 0 Å². The quantitative estimate of drug-likeness (QED) is 0.193. The van der Waals surface area contributed by atoms with E-state index in [1.807, 2.05) is 0 Å². The zero-order valence-electron chi connectivity index (χ0n) is 23.7. The Hall–Kier alpha value is -2.79. The van der Waals surface area contributed by atoms with Crippen LogP contribution in [0.15, 0.2) is 24.3 Å². The Balaban J connectivity index is 0. The molecule has 0 bridgehead atoms. The van der Waals surface area contributed by atoms with Crippen molar-refractivity contribution in [1.82, 2.24) is 0 Å². The Kier molecular flexibility index (Phi) is 15.2. The molecule has 0 aromatic heterocycles. The predicted octanol–water partition coefficient (Wildman–Crippen LogP) is 9.84. The summed E-state index contributed by atoms with van der Waals surface area (Å²) in [6.45, 7) is 7.16. The van der Waals surface area contributed by atoms with Gasteiger partial charge in [-0.25, -0.2) is 8.78 Å². The van der Waals surface area contributed by atoms with Crippen LogP contribution in [0.3, 0.4) is 0 Å². The molecule has 0 aliphatic heterocycles. The molecule has 0 heterocycles. The standard InChI is InChI=1S/C13H13F7O.C13H11F7O.CH4.Mn.2O/c2*1-6-4-9(5-7(2)10(6)8(3)21)11(14,12(15,16)17)13(18,19)20;;;;/h4-5,8,21H,1-3H3;4-5H,1-3H3;1H4;;;. The van der Waals surface area contributed by atoms with Gasteiger partial charge in [0.15, 0.2) is 5.78 Å². The minimum atomic E-state index is -6.16. The summed E-state index contributed by atoms with van der Waals surface area (Å²) in [5.74, 6) is -0.528. The summed E-state index contributed by atoms with van der Waals surface area (Å²) >= 11 is -1.44. The number of carbonyl (C=O) groups is 1. The molecule has 2 aromatic rings. The number of rotatable bonds is 4. The van der Waals surface area contributed by atoms with Crippen LogP contribution in [-0.2, 0) is 33.8 Å². The number of ketones is 1. The molecular formula is C27H28F14MnO4. The fourth-order valence-electron chi connectivity index (χ4n) is 4.53. The van der Waals surface area contributed by atoms with Crippen LogP contribution >= 0.6 is 0 Å². The van der Waals surface area contributed by atoms with E-state index in [0.717, 1.165) is 20.8 Å². The molecular weight excluding hydrogens is 709 g/mol. The molecule has 0 aliphatic rings. The van der Waals surface area contributed by atoms with Crippen molar-refractivity contribution in [3.8, 4) is 0 Å². The number of Topliss-reactive ketones (excluding diaryl/α,β-unsaturated/α-hetero) is 1. The Labute approximate surface area is 259 Å². The van der Waals surface area contributed by atoms with Gasteiger partial charge < -0.3 is 5.11 Å². The molecule has 0 saturated carbocycles. The van der Waals surface area contributed by atoms with Gasteiger partial charge in [-0.1, -0.05) is 31.7 Å². The van der Waals surface area contributed by atoms with Crippen molar-refractivity contribution >= 4 is 5.78 Å². The van der Waals surface area contributed by atoms with Crippen molar-refractivity contribution in [2.45, 2.75) is 91.1 Å². The van der Waals surface area contributed by atoms with Crippen LogP contribution in [0, 0.1) is 27.7 Å². The van der Waals surface area contributed by atoms with Gasteiger partial charge >= 0.3 is 58.5 Å². The van der Waals surface area contributed by atoms with E-state index in [2.05, 4.69) is 0 Å². The fraction of sp³-hybridized carbons (Fsp3) is 0.519. The molecule has 1 unspecified atom stereocenters. The number of halogens is 14. The molecule has 19 heteroatoms. The van der Waals surface area contributed by atoms with Gasteiger partial charge in [-0.3, -0.25) is 4.79 Å². The first-order valence-corrected chi connectivity index (χ1v) is 12.8. The first-order valence-electron chi connectivity index (χ1n) is 11.8. The fourth-order valence-corrected chi connectivity index (χ4v) is 4.53. The van der Waals surface area contributed by atoms with Crippen LogP contribution in [-0.4, -0.2) is 35.6 Å². The molecule has 0 amide bonds. The van der Waals surface area contributed by atoms with Gasteiger partial charge in [-0.2, -0.15) is 52.7 Å². The molecule has 0 fully saturated rings. The van der Waals surface area contributed by atoms with E-state index in [4.69, 9.17) is 7.67 Å². The first-order chi connectivity index (χ1) is 19.9. The number of aliphatic hydroxyl groups excluding tert-OH is 1. The zero-order chi connectivity index (χ0) is 36.3. The van der Waals surface area contributed by atoms with Crippen molar-refractivity contribution in [2.24, 2.45) is 0 Å². The Bertz CT molecular complexity index is 1330. The SMILES string of the molecule is C.CC(=O)c1c(C)cc(C(F)(C(F)(F)F)C(F)(F)F)cc1C.Cc1cc(C(F)(C(F)(F)F)C(F)(F)F)cc(C)c1C(C)O.[O]=[Mn]=[O]. The van der Waals surface area contributed by atoms with Crippen LogP contribution < -0.4 is 0 Å². The van der Waals surface area contributed by atoms with Crippen LogP contribution in [0.1, 0.15) is 76.7 Å². The van der Waals surface area contributed by atoms with Gasteiger partial charge in [0, 0.05) is 16.7 Å². The molecule has 1 atom stereocenters. The number of aryl methyl sites for hydroxylation is 4. The Morgan fingerprint density at radius 3 is 1.00 bits per heavy atom. The predicted molar refractivity (Wildman–Crippen MR) is 130 cm³/mol. The van der Waals surface area contributed by atoms with Crippen LogP contribution in [0.4, 0.5) is 61.5 Å². The van der Waals surface area contributed by atoms with Gasteiger partial charge in [0.2, 0.25) is 0 Å². The average molecular weight is 737 g/mol. The second-order valence-electron chi connectivity index (χ2n) is 9.61. The van der Waals surface area contributed by atoms with Gasteiger partial charge in [0.25, 0.3) is 0 Å². The third-order valence-electron chi connectivity index (χ3n) is 6.25. The minimum absolute atomic E-state index is 0. The molecule has 265 valence electrons. The second-order valence-corrected chi connectivity index (χ2v) is 9.81. The maximum atomic E-state index is 13.9. The number of alkyl halides is 14. The van der Waals surface area contributed by atoms with E-state index in [-0.39, 0.29) is 40.8 Å². The molecule has 2 rings (SSSR count). The third-order valence-corrected chi connectivity index (χ3v) is 6.25. The van der Waals surface area contributed by atoms with Crippen molar-refractivity contribution in [2.75, 3.05) is 0 Å². The van der Waals surface area contributed by atoms with Gasteiger partial charge in [-0.05, 0) is 69.4 Å². The van der Waals surface area contributed by atoms with E-state index in [0.29, 0.717) is 24.3 Å². The normalized spacial score (nSPS) is 13.3. The van der Waals surface area contributed by atoms with Crippen molar-refractivity contribution in [3.63, 3.8) is 0 Å². The summed E-state index contributed by atoms with van der Waals surface area (Å²) in [6.07, 6.45) is -25.7. The average Bonchev–Trinajstić information content (AvgIpc) is 2.79. The summed E-state index contributed by atoms with van der Waals surface area (Å²) in [4.78, 5) is 11.3. The summed E-state index contributed by atoms with van der Waals surface area (Å²) in [6, 6.07) is 1.75. The third kappa shape index (κ3) is 9.18. The van der Waals surface area contributed by atoms with Crippen LogP contribution in [0.5, 0.6) is 0 Å². The van der Waals surface area contributed by atoms with E-state index >= 15 is 0 Å². The van der Waals surface area contributed by atoms with E-state index in [9.17, 15) is 71.4 Å². The number of carbonyl (C=O) groups excluding carboxylic acids is 1. The number of hydrogen-bond donors (Lipinski definition) is 1. The molecule has 0 aliphatic carbocycles. The van der Waals surface area contributed by atoms with E-state index < -0.39 is 73.9 Å². The molecule has 2 aromatic carbocycles. The van der Waals surface area contributed by atoms with Gasteiger partial charge in [-0.15, -0.1) is 0 Å². The summed E-state index contributed by atoms with van der Waals surface area (Å²) in [5, 5.41) is 9.46. The van der Waals surface area contributed by atoms with Gasteiger partial charge in [0.05, 0.1) is 6.10 Å². The second kappa shape index (κ2) is 15.4. The molecule has 1 N–H and O–H groups in total. The number of benzene rings is 2. The maximum absolute atomic E-state index is 13.9. The van der Waals surface area contributed by atoms with E-state index in [1.165, 1.54) is 20.8 Å². The Morgan fingerprint density at radius 1 is 0.609 bits per heavy atom. The topological polar surface area (TPSA) is 71.4 Å². The number of aliphatic hydroxyl groups is 1. The molecule has 0 spiro atoms. The molecule has 0 saturated heterocycles. The first kappa shape index (κ1) is 45.3. The monoisotopic (exact) mass is 737 g/mol. The van der Waals surface area contributed by atoms with Crippen molar-refractivity contribution in [3.05, 3.63) is 68.8 Å². The summed E-state index contributed by atoms with van der Waals surface area (Å²) < 4.78 is 196. The molecule has 46 heavy (non-hydrogen) atoms. The summed E-state index contributed by atoms with van der Waals surface area (Å²) in [7, 11) is 0. The van der Waals surface area contributed by atoms with Gasteiger partial charge in [0.1, 0.15) is 0 Å². The zero-order valence-corrected chi connectivity index (χ0v) is 24.9.